The number of nitrogens with zero attached hydrogens (tertiary/aromatic N) is 4. The summed E-state index contributed by atoms with van der Waals surface area (Å²) in [6.07, 6.45) is 1.96. The van der Waals surface area contributed by atoms with E-state index >= 15 is 0 Å². The first kappa shape index (κ1) is 20.4. The van der Waals surface area contributed by atoms with Gasteiger partial charge in [0.1, 0.15) is 5.82 Å². The number of hydrogen-bond acceptors (Lipinski definition) is 4. The number of halogens is 2. The molecular weight excluding hydrogens is 425 g/mol. The van der Waals surface area contributed by atoms with Gasteiger partial charge in [-0.1, -0.05) is 23.2 Å². The largest absolute Gasteiger partial charge is 0.339 e. The van der Waals surface area contributed by atoms with Crippen LogP contribution in [-0.4, -0.2) is 44.6 Å². The number of likely N-dealkylation sites (tertiary alicyclic amines) is 1. The average molecular weight is 444 g/mol. The van der Waals surface area contributed by atoms with Crippen LogP contribution in [0.1, 0.15) is 39.6 Å². The van der Waals surface area contributed by atoms with Gasteiger partial charge in [-0.15, -0.1) is 5.10 Å². The molecule has 0 atom stereocenters. The topological polar surface area (TPSA) is 80.1 Å². The lowest BCUT2D eigenvalue weighted by atomic mass is 10.1. The van der Waals surface area contributed by atoms with Gasteiger partial charge in [-0.2, -0.15) is 0 Å². The predicted octanol–water partition coefficient (Wildman–Crippen LogP) is 4.37. The molecular formula is C21H19Cl2N5O2. The lowest BCUT2D eigenvalue weighted by molar-refractivity contribution is 0.0794. The van der Waals surface area contributed by atoms with Crippen molar-refractivity contribution < 1.29 is 9.59 Å². The minimum absolute atomic E-state index is 0.0120. The predicted molar refractivity (Wildman–Crippen MR) is 116 cm³/mol. The van der Waals surface area contributed by atoms with E-state index < -0.39 is 5.91 Å². The van der Waals surface area contributed by atoms with E-state index in [2.05, 4.69) is 15.4 Å². The van der Waals surface area contributed by atoms with Crippen molar-refractivity contribution in [3.05, 3.63) is 69.7 Å². The SMILES string of the molecule is Cc1nc(C(=O)Nc2cc(Cl)ccc2C(=O)N2CCCC2)nn1-c1ccc(Cl)cc1. The summed E-state index contributed by atoms with van der Waals surface area (Å²) in [6, 6.07) is 11.9. The third-order valence-electron chi connectivity index (χ3n) is 4.90. The second kappa shape index (κ2) is 8.45. The molecule has 1 aliphatic rings. The van der Waals surface area contributed by atoms with E-state index in [0.717, 1.165) is 18.5 Å². The fourth-order valence-electron chi connectivity index (χ4n) is 3.39. The van der Waals surface area contributed by atoms with Crippen LogP contribution < -0.4 is 5.32 Å². The summed E-state index contributed by atoms with van der Waals surface area (Å²) in [5.74, 6) is -0.122. The van der Waals surface area contributed by atoms with Crippen molar-refractivity contribution in [2.24, 2.45) is 0 Å². The van der Waals surface area contributed by atoms with Crippen LogP contribution in [0.15, 0.2) is 42.5 Å². The number of benzene rings is 2. The molecule has 0 radical (unpaired) electrons. The molecule has 1 aliphatic heterocycles. The van der Waals surface area contributed by atoms with Crippen LogP contribution in [0, 0.1) is 6.92 Å². The molecule has 1 aromatic heterocycles. The van der Waals surface area contributed by atoms with Gasteiger partial charge in [0.2, 0.25) is 5.82 Å². The normalized spacial score (nSPS) is 13.5. The Kier molecular flexibility index (Phi) is 5.74. The van der Waals surface area contributed by atoms with E-state index in [0.29, 0.717) is 40.2 Å². The number of carbonyl (C=O) groups excluding carboxylic acids is 2. The Morgan fingerprint density at radius 3 is 2.37 bits per heavy atom. The summed E-state index contributed by atoms with van der Waals surface area (Å²) in [4.78, 5) is 31.7. The van der Waals surface area contributed by atoms with Crippen molar-refractivity contribution in [2.45, 2.75) is 19.8 Å². The molecule has 2 heterocycles. The maximum Gasteiger partial charge on any atom is 0.295 e. The second-order valence-electron chi connectivity index (χ2n) is 7.01. The highest BCUT2D eigenvalue weighted by Gasteiger charge is 2.24. The molecule has 3 aromatic rings. The third-order valence-corrected chi connectivity index (χ3v) is 5.38. The first-order valence-electron chi connectivity index (χ1n) is 9.52. The van der Waals surface area contributed by atoms with Crippen molar-refractivity contribution in [2.75, 3.05) is 18.4 Å². The quantitative estimate of drug-likeness (QED) is 0.648. The van der Waals surface area contributed by atoms with E-state index in [9.17, 15) is 9.59 Å². The van der Waals surface area contributed by atoms with Gasteiger partial charge in [0.15, 0.2) is 0 Å². The molecule has 2 amide bonds. The van der Waals surface area contributed by atoms with E-state index in [4.69, 9.17) is 23.2 Å². The van der Waals surface area contributed by atoms with Crippen LogP contribution in [0.25, 0.3) is 5.69 Å². The van der Waals surface area contributed by atoms with Gasteiger partial charge >= 0.3 is 0 Å². The van der Waals surface area contributed by atoms with Crippen LogP contribution in [0.5, 0.6) is 0 Å². The van der Waals surface area contributed by atoms with Crippen LogP contribution in [0.3, 0.4) is 0 Å². The molecule has 4 rings (SSSR count). The third kappa shape index (κ3) is 4.17. The van der Waals surface area contributed by atoms with E-state index in [1.54, 1.807) is 59.0 Å². The summed E-state index contributed by atoms with van der Waals surface area (Å²) in [5.41, 5.74) is 1.46. The lowest BCUT2D eigenvalue weighted by Gasteiger charge is -2.18. The Balaban J connectivity index is 1.60. The smallest absolute Gasteiger partial charge is 0.295 e. The van der Waals surface area contributed by atoms with Crippen molar-refractivity contribution in [1.29, 1.82) is 0 Å². The summed E-state index contributed by atoms with van der Waals surface area (Å²) in [7, 11) is 0. The Hall–Kier alpha value is -2.90. The summed E-state index contributed by atoms with van der Waals surface area (Å²) >= 11 is 12.0. The van der Waals surface area contributed by atoms with Gasteiger partial charge in [-0.3, -0.25) is 9.59 Å². The molecule has 0 saturated carbocycles. The number of nitrogens with one attached hydrogen (secondary N) is 1. The molecule has 1 saturated heterocycles. The van der Waals surface area contributed by atoms with E-state index in [-0.39, 0.29) is 11.7 Å². The molecule has 7 nitrogen and oxygen atoms in total. The molecule has 0 aliphatic carbocycles. The molecule has 0 unspecified atom stereocenters. The molecule has 0 bridgehead atoms. The summed E-state index contributed by atoms with van der Waals surface area (Å²) in [6.45, 7) is 3.17. The second-order valence-corrected chi connectivity index (χ2v) is 7.89. The van der Waals surface area contributed by atoms with Gasteiger partial charge in [-0.05, 0) is 62.2 Å². The van der Waals surface area contributed by atoms with Gasteiger partial charge in [0.05, 0.1) is 16.9 Å². The first-order chi connectivity index (χ1) is 14.4. The summed E-state index contributed by atoms with van der Waals surface area (Å²) in [5, 5.41) is 8.06. The Bertz CT molecular complexity index is 1110. The Morgan fingerprint density at radius 2 is 1.67 bits per heavy atom. The fourth-order valence-corrected chi connectivity index (χ4v) is 3.69. The van der Waals surface area contributed by atoms with Crippen molar-refractivity contribution in [1.82, 2.24) is 19.7 Å². The van der Waals surface area contributed by atoms with Crippen molar-refractivity contribution >= 4 is 40.7 Å². The molecule has 1 N–H and O–H groups in total. The minimum Gasteiger partial charge on any atom is -0.339 e. The zero-order chi connectivity index (χ0) is 21.3. The zero-order valence-corrected chi connectivity index (χ0v) is 17.7. The van der Waals surface area contributed by atoms with Gasteiger partial charge in [0, 0.05) is 23.1 Å². The van der Waals surface area contributed by atoms with E-state index in [1.165, 1.54) is 0 Å². The number of hydrogen-bond donors (Lipinski definition) is 1. The molecule has 2 aromatic carbocycles. The number of amides is 2. The van der Waals surface area contributed by atoms with Crippen LogP contribution in [0.2, 0.25) is 10.0 Å². The maximum atomic E-state index is 12.9. The molecule has 154 valence electrons. The zero-order valence-electron chi connectivity index (χ0n) is 16.2. The Labute approximate surface area is 183 Å². The number of rotatable bonds is 4. The number of anilines is 1. The molecule has 1 fully saturated rings. The molecule has 30 heavy (non-hydrogen) atoms. The Morgan fingerprint density at radius 1 is 1.00 bits per heavy atom. The van der Waals surface area contributed by atoms with E-state index in [1.807, 2.05) is 0 Å². The van der Waals surface area contributed by atoms with Gasteiger partial charge < -0.3 is 10.2 Å². The van der Waals surface area contributed by atoms with Gasteiger partial charge in [-0.25, -0.2) is 9.67 Å². The number of aryl methyl sites for hydroxylation is 1. The monoisotopic (exact) mass is 443 g/mol. The maximum absolute atomic E-state index is 12.9. The average Bonchev–Trinajstić information content (AvgIpc) is 3.38. The first-order valence-corrected chi connectivity index (χ1v) is 10.3. The summed E-state index contributed by atoms with van der Waals surface area (Å²) < 4.78 is 1.56. The standard InChI is InChI=1S/C21H19Cl2N5O2/c1-13-24-19(26-28(13)16-7-4-14(22)5-8-16)20(29)25-18-12-15(23)6-9-17(18)21(30)27-10-2-3-11-27/h4-9,12H,2-3,10-11H2,1H3,(H,25,29). The minimum atomic E-state index is -0.524. The van der Waals surface area contributed by atoms with Crippen LogP contribution in [-0.2, 0) is 0 Å². The lowest BCUT2D eigenvalue weighted by Crippen LogP contribution is -2.29. The van der Waals surface area contributed by atoms with Crippen molar-refractivity contribution in [3.8, 4) is 5.69 Å². The van der Waals surface area contributed by atoms with Crippen molar-refractivity contribution in [3.63, 3.8) is 0 Å². The molecule has 9 heteroatoms. The fraction of sp³-hybridized carbons (Fsp3) is 0.238. The highest BCUT2D eigenvalue weighted by molar-refractivity contribution is 6.31. The highest BCUT2D eigenvalue weighted by atomic mass is 35.5. The number of carbonyl (C=O) groups is 2. The molecule has 0 spiro atoms. The van der Waals surface area contributed by atoms with Gasteiger partial charge in [0.25, 0.3) is 11.8 Å². The number of aromatic nitrogens is 3. The van der Waals surface area contributed by atoms with Crippen LogP contribution >= 0.6 is 23.2 Å². The van der Waals surface area contributed by atoms with Crippen LogP contribution in [0.4, 0.5) is 5.69 Å². The highest BCUT2D eigenvalue weighted by Crippen LogP contribution is 2.25.